The molecule has 148 valence electrons. The lowest BCUT2D eigenvalue weighted by atomic mass is 10.2. The zero-order valence-corrected chi connectivity index (χ0v) is 16.4. The van der Waals surface area contributed by atoms with E-state index < -0.39 is 0 Å². The van der Waals surface area contributed by atoms with Gasteiger partial charge in [-0.05, 0) is 42.0 Å². The molecule has 0 aliphatic rings. The zero-order chi connectivity index (χ0) is 20.5. The second-order valence-corrected chi connectivity index (χ2v) is 6.66. The molecule has 29 heavy (non-hydrogen) atoms. The van der Waals surface area contributed by atoms with E-state index in [0.29, 0.717) is 24.5 Å². The van der Waals surface area contributed by atoms with E-state index in [2.05, 4.69) is 5.32 Å². The average molecular weight is 388 g/mol. The summed E-state index contributed by atoms with van der Waals surface area (Å²) in [5, 5.41) is 2.86. The number of nitrogens with one attached hydrogen (secondary N) is 1. The SMILES string of the molecule is CC(=O)N(CCC(=O)Nc1ccc(Oc2ccccc2)cc1)Cc1ccccc1. The average Bonchev–Trinajstić information content (AvgIpc) is 2.74. The van der Waals surface area contributed by atoms with Crippen molar-refractivity contribution in [3.63, 3.8) is 0 Å². The molecule has 0 atom stereocenters. The highest BCUT2D eigenvalue weighted by Gasteiger charge is 2.12. The summed E-state index contributed by atoms with van der Waals surface area (Å²) in [6, 6.07) is 26.5. The number of benzene rings is 3. The predicted molar refractivity (Wildman–Crippen MR) is 114 cm³/mol. The molecule has 0 aromatic heterocycles. The highest BCUT2D eigenvalue weighted by atomic mass is 16.5. The number of anilines is 1. The summed E-state index contributed by atoms with van der Waals surface area (Å²) in [5.41, 5.74) is 1.73. The van der Waals surface area contributed by atoms with Gasteiger partial charge in [-0.15, -0.1) is 0 Å². The molecule has 2 amide bonds. The van der Waals surface area contributed by atoms with Crippen molar-refractivity contribution in [3.8, 4) is 11.5 Å². The molecule has 0 aliphatic heterocycles. The maximum atomic E-state index is 12.3. The maximum Gasteiger partial charge on any atom is 0.226 e. The van der Waals surface area contributed by atoms with Crippen LogP contribution in [-0.4, -0.2) is 23.3 Å². The second-order valence-electron chi connectivity index (χ2n) is 6.66. The lowest BCUT2D eigenvalue weighted by Gasteiger charge is -2.21. The van der Waals surface area contributed by atoms with Gasteiger partial charge in [0.05, 0.1) is 0 Å². The fourth-order valence-corrected chi connectivity index (χ4v) is 2.84. The van der Waals surface area contributed by atoms with E-state index in [1.165, 1.54) is 6.92 Å². The van der Waals surface area contributed by atoms with Crippen LogP contribution in [0.3, 0.4) is 0 Å². The summed E-state index contributed by atoms with van der Waals surface area (Å²) in [5.74, 6) is 1.26. The minimum Gasteiger partial charge on any atom is -0.457 e. The number of carbonyl (C=O) groups is 2. The van der Waals surface area contributed by atoms with E-state index in [9.17, 15) is 9.59 Å². The Morgan fingerprint density at radius 3 is 2.03 bits per heavy atom. The van der Waals surface area contributed by atoms with Gasteiger partial charge in [-0.3, -0.25) is 9.59 Å². The Labute approximate surface area is 170 Å². The predicted octanol–water partition coefficient (Wildman–Crippen LogP) is 4.86. The van der Waals surface area contributed by atoms with Crippen LogP contribution in [0.25, 0.3) is 0 Å². The highest BCUT2D eigenvalue weighted by molar-refractivity contribution is 5.91. The topological polar surface area (TPSA) is 58.6 Å². The van der Waals surface area contributed by atoms with Gasteiger partial charge in [0.25, 0.3) is 0 Å². The smallest absolute Gasteiger partial charge is 0.226 e. The first kappa shape index (κ1) is 20.1. The van der Waals surface area contributed by atoms with Crippen molar-refractivity contribution in [2.24, 2.45) is 0 Å². The van der Waals surface area contributed by atoms with Gasteiger partial charge in [0, 0.05) is 32.1 Å². The van der Waals surface area contributed by atoms with Crippen LogP contribution in [0.2, 0.25) is 0 Å². The van der Waals surface area contributed by atoms with Gasteiger partial charge in [-0.25, -0.2) is 0 Å². The molecule has 0 heterocycles. The second kappa shape index (κ2) is 10.1. The molecule has 0 saturated heterocycles. The van der Waals surface area contributed by atoms with Crippen molar-refractivity contribution in [2.75, 3.05) is 11.9 Å². The number of carbonyl (C=O) groups excluding carboxylic acids is 2. The van der Waals surface area contributed by atoms with Gasteiger partial charge in [-0.1, -0.05) is 48.5 Å². The molecule has 5 nitrogen and oxygen atoms in total. The number of amides is 2. The number of hydrogen-bond donors (Lipinski definition) is 1. The minimum atomic E-state index is -0.138. The Morgan fingerprint density at radius 1 is 0.828 bits per heavy atom. The largest absolute Gasteiger partial charge is 0.457 e. The van der Waals surface area contributed by atoms with Crippen molar-refractivity contribution in [2.45, 2.75) is 19.9 Å². The van der Waals surface area contributed by atoms with Crippen molar-refractivity contribution in [1.29, 1.82) is 0 Å². The van der Waals surface area contributed by atoms with Crippen molar-refractivity contribution < 1.29 is 14.3 Å². The molecule has 0 fully saturated rings. The summed E-state index contributed by atoms with van der Waals surface area (Å²) < 4.78 is 5.74. The van der Waals surface area contributed by atoms with E-state index in [-0.39, 0.29) is 18.2 Å². The molecule has 0 bridgehead atoms. The number of hydrogen-bond acceptors (Lipinski definition) is 3. The van der Waals surface area contributed by atoms with Crippen molar-refractivity contribution in [1.82, 2.24) is 4.90 Å². The highest BCUT2D eigenvalue weighted by Crippen LogP contribution is 2.22. The van der Waals surface area contributed by atoms with E-state index in [1.807, 2.05) is 60.7 Å². The van der Waals surface area contributed by atoms with Crippen molar-refractivity contribution >= 4 is 17.5 Å². The van der Waals surface area contributed by atoms with Crippen LogP contribution >= 0.6 is 0 Å². The summed E-state index contributed by atoms with van der Waals surface area (Å²) in [6.45, 7) is 2.38. The van der Waals surface area contributed by atoms with Crippen LogP contribution in [0.15, 0.2) is 84.9 Å². The number of rotatable bonds is 8. The number of ether oxygens (including phenoxy) is 1. The number of nitrogens with zero attached hydrogens (tertiary/aromatic N) is 1. The monoisotopic (exact) mass is 388 g/mol. The van der Waals surface area contributed by atoms with Crippen LogP contribution in [0.4, 0.5) is 5.69 Å². The quantitative estimate of drug-likeness (QED) is 0.600. The molecule has 3 rings (SSSR count). The Bertz CT molecular complexity index is 925. The van der Waals surface area contributed by atoms with Gasteiger partial charge < -0.3 is 15.0 Å². The Kier molecular flexibility index (Phi) is 7.00. The third-order valence-electron chi connectivity index (χ3n) is 4.39. The zero-order valence-electron chi connectivity index (χ0n) is 16.4. The molecule has 0 radical (unpaired) electrons. The molecule has 0 aliphatic carbocycles. The molecule has 3 aromatic carbocycles. The first-order valence-electron chi connectivity index (χ1n) is 9.52. The van der Waals surface area contributed by atoms with Crippen LogP contribution in [-0.2, 0) is 16.1 Å². The first-order valence-corrected chi connectivity index (χ1v) is 9.52. The van der Waals surface area contributed by atoms with Crippen LogP contribution < -0.4 is 10.1 Å². The van der Waals surface area contributed by atoms with Crippen LogP contribution in [0, 0.1) is 0 Å². The van der Waals surface area contributed by atoms with Crippen LogP contribution in [0.1, 0.15) is 18.9 Å². The van der Waals surface area contributed by atoms with Gasteiger partial charge in [0.15, 0.2) is 0 Å². The normalized spacial score (nSPS) is 10.2. The van der Waals surface area contributed by atoms with Gasteiger partial charge in [-0.2, -0.15) is 0 Å². The van der Waals surface area contributed by atoms with Gasteiger partial charge in [0.2, 0.25) is 11.8 Å². The van der Waals surface area contributed by atoms with E-state index in [1.54, 1.807) is 29.2 Å². The Hall–Kier alpha value is -3.60. The third-order valence-corrected chi connectivity index (χ3v) is 4.39. The number of para-hydroxylation sites is 1. The molecule has 3 aromatic rings. The van der Waals surface area contributed by atoms with Crippen LogP contribution in [0.5, 0.6) is 11.5 Å². The molecule has 0 unspecified atom stereocenters. The summed E-state index contributed by atoms with van der Waals surface area (Å²) in [6.07, 6.45) is 0.231. The fraction of sp³-hybridized carbons (Fsp3) is 0.167. The fourth-order valence-electron chi connectivity index (χ4n) is 2.84. The Morgan fingerprint density at radius 2 is 1.41 bits per heavy atom. The molecule has 0 spiro atoms. The van der Waals surface area contributed by atoms with Crippen molar-refractivity contribution in [3.05, 3.63) is 90.5 Å². The molecule has 0 saturated carbocycles. The Balaban J connectivity index is 1.49. The standard InChI is InChI=1S/C24H24N2O3/c1-19(27)26(18-20-8-4-2-5-9-20)17-16-24(28)25-21-12-14-23(15-13-21)29-22-10-6-3-7-11-22/h2-15H,16-18H2,1H3,(H,25,28). The first-order chi connectivity index (χ1) is 14.1. The molecular weight excluding hydrogens is 364 g/mol. The lowest BCUT2D eigenvalue weighted by Crippen LogP contribution is -2.31. The summed E-state index contributed by atoms with van der Waals surface area (Å²) >= 11 is 0. The third kappa shape index (κ3) is 6.50. The van der Waals surface area contributed by atoms with Gasteiger partial charge in [0.1, 0.15) is 11.5 Å². The van der Waals surface area contributed by atoms with E-state index in [0.717, 1.165) is 11.3 Å². The maximum absolute atomic E-state index is 12.3. The van der Waals surface area contributed by atoms with Gasteiger partial charge >= 0.3 is 0 Å². The summed E-state index contributed by atoms with van der Waals surface area (Å²) in [7, 11) is 0. The molecule has 1 N–H and O–H groups in total. The summed E-state index contributed by atoms with van der Waals surface area (Å²) in [4.78, 5) is 25.8. The van der Waals surface area contributed by atoms with E-state index in [4.69, 9.17) is 4.74 Å². The molecular formula is C24H24N2O3. The van der Waals surface area contributed by atoms with E-state index >= 15 is 0 Å². The minimum absolute atomic E-state index is 0.0518. The lowest BCUT2D eigenvalue weighted by molar-refractivity contribution is -0.129. The molecule has 5 heteroatoms.